The van der Waals surface area contributed by atoms with E-state index in [1.54, 1.807) is 11.3 Å². The van der Waals surface area contributed by atoms with Crippen LogP contribution in [0.25, 0.3) is 0 Å². The molecule has 0 radical (unpaired) electrons. The fourth-order valence-corrected chi connectivity index (χ4v) is 3.48. The van der Waals surface area contributed by atoms with Crippen molar-refractivity contribution >= 4 is 17.2 Å². The maximum Gasteiger partial charge on any atom is 0.248 e. The van der Waals surface area contributed by atoms with Gasteiger partial charge in [0.1, 0.15) is 6.61 Å². The average molecular weight is 281 g/mol. The number of morpholine rings is 1. The van der Waals surface area contributed by atoms with Gasteiger partial charge in [0.05, 0.1) is 12.1 Å². The van der Waals surface area contributed by atoms with Crippen molar-refractivity contribution in [1.82, 2.24) is 14.8 Å². The summed E-state index contributed by atoms with van der Waals surface area (Å²) in [5, 5.41) is 0. The van der Waals surface area contributed by atoms with Gasteiger partial charge in [-0.2, -0.15) is 0 Å². The third-order valence-electron chi connectivity index (χ3n) is 3.88. The van der Waals surface area contributed by atoms with Crippen molar-refractivity contribution in [3.8, 4) is 0 Å². The number of nitrogens with zero attached hydrogens (tertiary/aromatic N) is 3. The van der Waals surface area contributed by atoms with Crippen LogP contribution in [-0.4, -0.2) is 59.6 Å². The number of aromatic nitrogens is 1. The van der Waals surface area contributed by atoms with E-state index in [4.69, 9.17) is 4.74 Å². The predicted molar refractivity (Wildman–Crippen MR) is 72.9 cm³/mol. The van der Waals surface area contributed by atoms with Gasteiger partial charge in [-0.3, -0.25) is 14.7 Å². The monoisotopic (exact) mass is 281 g/mol. The molecule has 0 aromatic carbocycles. The smallest absolute Gasteiger partial charge is 0.248 e. The van der Waals surface area contributed by atoms with E-state index in [1.165, 1.54) is 4.88 Å². The maximum absolute atomic E-state index is 11.8. The van der Waals surface area contributed by atoms with E-state index >= 15 is 0 Å². The lowest BCUT2D eigenvalue weighted by Crippen LogP contribution is -2.51. The van der Waals surface area contributed by atoms with Gasteiger partial charge in [0.2, 0.25) is 5.91 Å². The quantitative estimate of drug-likeness (QED) is 0.828. The van der Waals surface area contributed by atoms with Gasteiger partial charge in [-0.25, -0.2) is 0 Å². The third-order valence-corrected chi connectivity index (χ3v) is 4.65. The number of likely N-dealkylation sites (tertiary alicyclic amines) is 1. The van der Waals surface area contributed by atoms with Gasteiger partial charge in [-0.05, 0) is 12.8 Å². The SMILES string of the molecule is O=C1COCCN1C1CCN(Cc2cncs2)CC1. The van der Waals surface area contributed by atoms with Crippen molar-refractivity contribution < 1.29 is 9.53 Å². The molecule has 0 spiro atoms. The van der Waals surface area contributed by atoms with Crippen molar-refractivity contribution in [3.05, 3.63) is 16.6 Å². The molecule has 0 aliphatic carbocycles. The summed E-state index contributed by atoms with van der Waals surface area (Å²) in [6.45, 7) is 4.83. The number of amides is 1. The first kappa shape index (κ1) is 13.0. The highest BCUT2D eigenvalue weighted by Crippen LogP contribution is 2.20. The van der Waals surface area contributed by atoms with Crippen LogP contribution in [0, 0.1) is 0 Å². The summed E-state index contributed by atoms with van der Waals surface area (Å²) >= 11 is 1.71. The van der Waals surface area contributed by atoms with Crippen molar-refractivity contribution in [3.63, 3.8) is 0 Å². The van der Waals surface area contributed by atoms with Crippen LogP contribution >= 0.6 is 11.3 Å². The van der Waals surface area contributed by atoms with Crippen molar-refractivity contribution in [2.75, 3.05) is 32.8 Å². The van der Waals surface area contributed by atoms with E-state index < -0.39 is 0 Å². The van der Waals surface area contributed by atoms with Gasteiger partial charge in [-0.15, -0.1) is 11.3 Å². The highest BCUT2D eigenvalue weighted by Gasteiger charge is 2.29. The molecule has 2 aliphatic rings. The molecule has 0 bridgehead atoms. The Labute approximate surface area is 117 Å². The Hall–Kier alpha value is -0.980. The molecule has 2 saturated heterocycles. The summed E-state index contributed by atoms with van der Waals surface area (Å²) in [6.07, 6.45) is 4.09. The molecule has 1 aromatic heterocycles. The Morgan fingerprint density at radius 2 is 2.21 bits per heavy atom. The van der Waals surface area contributed by atoms with Gasteiger partial charge in [0.15, 0.2) is 0 Å². The molecule has 3 rings (SSSR count). The normalized spacial score (nSPS) is 22.9. The number of hydrogen-bond acceptors (Lipinski definition) is 5. The van der Waals surface area contributed by atoms with Gasteiger partial charge >= 0.3 is 0 Å². The van der Waals surface area contributed by atoms with E-state index in [1.807, 2.05) is 16.6 Å². The van der Waals surface area contributed by atoms with Crippen LogP contribution in [0.5, 0.6) is 0 Å². The first-order chi connectivity index (χ1) is 9.33. The summed E-state index contributed by atoms with van der Waals surface area (Å²) < 4.78 is 5.19. The number of ether oxygens (including phenoxy) is 1. The Bertz CT molecular complexity index is 416. The molecule has 0 N–H and O–H groups in total. The highest BCUT2D eigenvalue weighted by molar-refractivity contribution is 7.09. The number of carbonyl (C=O) groups is 1. The molecule has 5 nitrogen and oxygen atoms in total. The standard InChI is InChI=1S/C13H19N3O2S/c17-13-9-18-6-5-16(13)11-1-3-15(4-2-11)8-12-7-14-10-19-12/h7,10-11H,1-6,8-9H2. The zero-order valence-electron chi connectivity index (χ0n) is 11.0. The summed E-state index contributed by atoms with van der Waals surface area (Å²) in [5.74, 6) is 0.159. The molecule has 0 saturated carbocycles. The topological polar surface area (TPSA) is 45.7 Å². The highest BCUT2D eigenvalue weighted by atomic mass is 32.1. The average Bonchev–Trinajstić information content (AvgIpc) is 2.93. The number of piperidine rings is 1. The lowest BCUT2D eigenvalue weighted by Gasteiger charge is -2.39. The second-order valence-electron chi connectivity index (χ2n) is 5.11. The summed E-state index contributed by atoms with van der Waals surface area (Å²) in [6, 6.07) is 0.411. The van der Waals surface area contributed by atoms with Crippen LogP contribution in [0.4, 0.5) is 0 Å². The Morgan fingerprint density at radius 3 is 2.89 bits per heavy atom. The fourth-order valence-electron chi connectivity index (χ4n) is 2.85. The lowest BCUT2D eigenvalue weighted by molar-refractivity contribution is -0.146. The van der Waals surface area contributed by atoms with Gasteiger partial charge in [0.25, 0.3) is 0 Å². The van der Waals surface area contributed by atoms with Crippen LogP contribution in [0.2, 0.25) is 0 Å². The summed E-state index contributed by atoms with van der Waals surface area (Å²) in [4.78, 5) is 21.7. The van der Waals surface area contributed by atoms with E-state index in [9.17, 15) is 4.79 Å². The molecule has 1 aromatic rings. The molecular weight excluding hydrogens is 262 g/mol. The summed E-state index contributed by atoms with van der Waals surface area (Å²) in [7, 11) is 0. The number of hydrogen-bond donors (Lipinski definition) is 0. The van der Waals surface area contributed by atoms with Gasteiger partial charge < -0.3 is 9.64 Å². The molecular formula is C13H19N3O2S. The predicted octanol–water partition coefficient (Wildman–Crippen LogP) is 0.966. The molecule has 2 fully saturated rings. The van der Waals surface area contributed by atoms with Crippen molar-refractivity contribution in [1.29, 1.82) is 0 Å². The number of rotatable bonds is 3. The minimum absolute atomic E-state index is 0.159. The first-order valence-corrected chi connectivity index (χ1v) is 7.68. The van der Waals surface area contributed by atoms with Gasteiger partial charge in [-0.1, -0.05) is 0 Å². The maximum atomic E-state index is 11.8. The molecule has 1 amide bonds. The van der Waals surface area contributed by atoms with Gasteiger partial charge in [0, 0.05) is 43.3 Å². The first-order valence-electron chi connectivity index (χ1n) is 6.80. The van der Waals surface area contributed by atoms with Crippen LogP contribution in [0.3, 0.4) is 0 Å². The van der Waals surface area contributed by atoms with E-state index in [0.29, 0.717) is 12.6 Å². The Kier molecular flexibility index (Phi) is 4.10. The second kappa shape index (κ2) is 5.98. The largest absolute Gasteiger partial charge is 0.370 e. The zero-order valence-corrected chi connectivity index (χ0v) is 11.8. The van der Waals surface area contributed by atoms with Crippen LogP contribution in [0.15, 0.2) is 11.7 Å². The number of carbonyl (C=O) groups excluding carboxylic acids is 1. The lowest BCUT2D eigenvalue weighted by atomic mass is 10.0. The minimum atomic E-state index is 0.159. The minimum Gasteiger partial charge on any atom is -0.370 e. The van der Waals surface area contributed by atoms with E-state index in [-0.39, 0.29) is 12.5 Å². The molecule has 0 unspecified atom stereocenters. The van der Waals surface area contributed by atoms with Crippen molar-refractivity contribution in [2.24, 2.45) is 0 Å². The van der Waals surface area contributed by atoms with Crippen LogP contribution < -0.4 is 0 Å². The molecule has 3 heterocycles. The Morgan fingerprint density at radius 1 is 1.37 bits per heavy atom. The second-order valence-corrected chi connectivity index (χ2v) is 6.09. The van der Waals surface area contributed by atoms with Crippen LogP contribution in [0.1, 0.15) is 17.7 Å². The number of thiazole rings is 1. The Balaban J connectivity index is 1.50. The van der Waals surface area contributed by atoms with E-state index in [0.717, 1.165) is 39.0 Å². The van der Waals surface area contributed by atoms with Crippen LogP contribution in [-0.2, 0) is 16.1 Å². The third kappa shape index (κ3) is 3.13. The summed E-state index contributed by atoms with van der Waals surface area (Å²) in [5.41, 5.74) is 1.88. The fraction of sp³-hybridized carbons (Fsp3) is 0.692. The molecule has 0 atom stereocenters. The molecule has 2 aliphatic heterocycles. The van der Waals surface area contributed by atoms with E-state index in [2.05, 4.69) is 9.88 Å². The molecule has 19 heavy (non-hydrogen) atoms. The molecule has 6 heteroatoms. The van der Waals surface area contributed by atoms with Crippen molar-refractivity contribution in [2.45, 2.75) is 25.4 Å². The zero-order chi connectivity index (χ0) is 13.1. The molecule has 104 valence electrons.